The van der Waals surface area contributed by atoms with Crippen LogP contribution in [0.4, 0.5) is 0 Å². The van der Waals surface area contributed by atoms with Crippen LogP contribution in [0.25, 0.3) is 0 Å². The number of nitrogens with zero attached hydrogens (tertiary/aromatic N) is 1. The number of hydrogen-bond acceptors (Lipinski definition) is 6. The standard InChI is InChI=1S/C18H32N2O5/c1-14(2)18(23,15(3,4)25-14)13(22)19-9-17(10-21)12-24-11-16(20(17)5)7-6-8-16/h21,23H,6-12H2,1-5H3,(H,19,22). The number of likely N-dealkylation sites (N-methyl/N-ethyl adjacent to an activating group) is 1. The van der Waals surface area contributed by atoms with Gasteiger partial charge in [0.05, 0.1) is 25.4 Å². The summed E-state index contributed by atoms with van der Waals surface area (Å²) in [5.74, 6) is -0.469. The predicted octanol–water partition coefficient (Wildman–Crippen LogP) is 0.0369. The van der Waals surface area contributed by atoms with Crippen LogP contribution in [0, 0.1) is 0 Å². The van der Waals surface area contributed by atoms with Crippen molar-refractivity contribution in [3.8, 4) is 0 Å². The van der Waals surface area contributed by atoms with Crippen molar-refractivity contribution in [2.45, 2.75) is 74.8 Å². The minimum Gasteiger partial charge on any atom is -0.394 e. The van der Waals surface area contributed by atoms with Crippen molar-refractivity contribution in [3.05, 3.63) is 0 Å². The van der Waals surface area contributed by atoms with Crippen molar-refractivity contribution in [1.29, 1.82) is 0 Å². The SMILES string of the molecule is CN1C2(CCC2)COCC1(CO)CNC(=O)C1(O)C(C)(C)OC1(C)C. The van der Waals surface area contributed by atoms with Crippen molar-refractivity contribution in [2.24, 2.45) is 0 Å². The Morgan fingerprint density at radius 3 is 2.20 bits per heavy atom. The van der Waals surface area contributed by atoms with Crippen LogP contribution in [-0.4, -0.2) is 82.3 Å². The second-order valence-electron chi connectivity index (χ2n) is 9.03. The van der Waals surface area contributed by atoms with Crippen LogP contribution < -0.4 is 5.32 Å². The van der Waals surface area contributed by atoms with E-state index in [0.717, 1.165) is 19.3 Å². The molecule has 0 bridgehead atoms. The smallest absolute Gasteiger partial charge is 0.258 e. The number of ether oxygens (including phenoxy) is 2. The molecule has 144 valence electrons. The highest BCUT2D eigenvalue weighted by Gasteiger charge is 2.71. The number of nitrogens with one attached hydrogen (secondary N) is 1. The molecule has 2 heterocycles. The zero-order valence-electron chi connectivity index (χ0n) is 16.0. The number of aliphatic hydroxyl groups is 2. The molecule has 3 fully saturated rings. The highest BCUT2D eigenvalue weighted by molar-refractivity contribution is 5.89. The quantitative estimate of drug-likeness (QED) is 0.659. The number of morpholine rings is 1. The Bertz CT molecular complexity index is 544. The third-order valence-corrected chi connectivity index (χ3v) is 6.90. The zero-order chi connectivity index (χ0) is 18.7. The van der Waals surface area contributed by atoms with Gasteiger partial charge in [0.1, 0.15) is 11.2 Å². The van der Waals surface area contributed by atoms with Crippen LogP contribution in [0.2, 0.25) is 0 Å². The summed E-state index contributed by atoms with van der Waals surface area (Å²) in [6, 6.07) is 0. The van der Waals surface area contributed by atoms with Crippen molar-refractivity contribution < 1.29 is 24.5 Å². The van der Waals surface area contributed by atoms with Crippen LogP contribution in [-0.2, 0) is 14.3 Å². The summed E-state index contributed by atoms with van der Waals surface area (Å²) in [5.41, 5.74) is -4.27. The summed E-state index contributed by atoms with van der Waals surface area (Å²) >= 11 is 0. The molecule has 3 rings (SSSR count). The van der Waals surface area contributed by atoms with Crippen molar-refractivity contribution in [2.75, 3.05) is 33.4 Å². The summed E-state index contributed by atoms with van der Waals surface area (Å²) in [7, 11) is 2.00. The first-order valence-corrected chi connectivity index (χ1v) is 9.10. The molecule has 2 aliphatic heterocycles. The molecule has 25 heavy (non-hydrogen) atoms. The Kier molecular flexibility index (Phi) is 4.29. The van der Waals surface area contributed by atoms with E-state index in [0.29, 0.717) is 13.2 Å². The minimum atomic E-state index is -1.63. The van der Waals surface area contributed by atoms with Crippen molar-refractivity contribution >= 4 is 5.91 Å². The molecule has 2 saturated heterocycles. The fraction of sp³-hybridized carbons (Fsp3) is 0.944. The molecule has 1 atom stereocenters. The van der Waals surface area contributed by atoms with E-state index in [1.165, 1.54) is 0 Å². The summed E-state index contributed by atoms with van der Waals surface area (Å²) in [6.45, 7) is 7.94. The van der Waals surface area contributed by atoms with Crippen LogP contribution in [0.15, 0.2) is 0 Å². The Balaban J connectivity index is 1.74. The molecule has 1 saturated carbocycles. The number of hydrogen-bond donors (Lipinski definition) is 3. The minimum absolute atomic E-state index is 0.0409. The lowest BCUT2D eigenvalue weighted by molar-refractivity contribution is -0.362. The molecular weight excluding hydrogens is 324 g/mol. The maximum atomic E-state index is 12.8. The van der Waals surface area contributed by atoms with Gasteiger partial charge in [-0.15, -0.1) is 0 Å². The van der Waals surface area contributed by atoms with Crippen molar-refractivity contribution in [1.82, 2.24) is 10.2 Å². The fourth-order valence-corrected chi connectivity index (χ4v) is 4.95. The molecule has 0 aromatic carbocycles. The fourth-order valence-electron chi connectivity index (χ4n) is 4.95. The zero-order valence-corrected chi connectivity index (χ0v) is 16.0. The summed E-state index contributed by atoms with van der Waals surface area (Å²) < 4.78 is 11.5. The van der Waals surface area contributed by atoms with E-state index in [9.17, 15) is 15.0 Å². The van der Waals surface area contributed by atoms with Gasteiger partial charge >= 0.3 is 0 Å². The second kappa shape index (κ2) is 5.63. The molecule has 3 aliphatic rings. The third kappa shape index (κ3) is 2.40. The largest absolute Gasteiger partial charge is 0.394 e. The van der Waals surface area contributed by atoms with E-state index in [-0.39, 0.29) is 18.7 Å². The molecular formula is C18H32N2O5. The molecule has 1 amide bonds. The Morgan fingerprint density at radius 1 is 1.16 bits per heavy atom. The van der Waals surface area contributed by atoms with E-state index in [4.69, 9.17) is 9.47 Å². The van der Waals surface area contributed by atoms with Gasteiger partial charge < -0.3 is 25.0 Å². The average molecular weight is 356 g/mol. The van der Waals surface area contributed by atoms with Gasteiger partial charge in [-0.2, -0.15) is 0 Å². The number of rotatable bonds is 4. The molecule has 7 nitrogen and oxygen atoms in total. The molecule has 0 aromatic heterocycles. The Labute approximate surface area is 149 Å². The van der Waals surface area contributed by atoms with Gasteiger partial charge in [-0.3, -0.25) is 9.69 Å². The van der Waals surface area contributed by atoms with Crippen LogP contribution in [0.5, 0.6) is 0 Å². The molecule has 1 aliphatic carbocycles. The number of aliphatic hydroxyl groups excluding tert-OH is 1. The predicted molar refractivity (Wildman–Crippen MR) is 92.2 cm³/mol. The summed E-state index contributed by atoms with van der Waals surface area (Å²) in [6.07, 6.45) is 3.23. The normalized spacial score (nSPS) is 34.8. The maximum Gasteiger partial charge on any atom is 0.258 e. The van der Waals surface area contributed by atoms with Gasteiger partial charge in [-0.05, 0) is 54.0 Å². The van der Waals surface area contributed by atoms with Gasteiger partial charge in [-0.1, -0.05) is 0 Å². The van der Waals surface area contributed by atoms with Gasteiger partial charge in [-0.25, -0.2) is 0 Å². The van der Waals surface area contributed by atoms with Gasteiger partial charge in [0.25, 0.3) is 5.91 Å². The molecule has 1 spiro atoms. The van der Waals surface area contributed by atoms with E-state index in [1.54, 1.807) is 27.7 Å². The lowest BCUT2D eigenvalue weighted by Crippen LogP contribution is -2.83. The number of carbonyl (C=O) groups is 1. The van der Waals surface area contributed by atoms with Crippen LogP contribution in [0.3, 0.4) is 0 Å². The molecule has 7 heteroatoms. The first-order valence-electron chi connectivity index (χ1n) is 9.10. The summed E-state index contributed by atoms with van der Waals surface area (Å²) in [4.78, 5) is 15.0. The lowest BCUT2D eigenvalue weighted by Gasteiger charge is -2.62. The molecule has 3 N–H and O–H groups in total. The number of carbonyl (C=O) groups excluding carboxylic acids is 1. The van der Waals surface area contributed by atoms with E-state index < -0.39 is 28.2 Å². The molecule has 0 aromatic rings. The van der Waals surface area contributed by atoms with Crippen LogP contribution in [0.1, 0.15) is 47.0 Å². The van der Waals surface area contributed by atoms with Gasteiger partial charge in [0.15, 0.2) is 5.60 Å². The second-order valence-corrected chi connectivity index (χ2v) is 9.03. The Hall–Kier alpha value is -0.730. The number of amides is 1. The average Bonchev–Trinajstić information content (AvgIpc) is 2.50. The third-order valence-electron chi connectivity index (χ3n) is 6.90. The summed E-state index contributed by atoms with van der Waals surface area (Å²) in [5, 5.41) is 24.0. The Morgan fingerprint density at radius 2 is 1.76 bits per heavy atom. The van der Waals surface area contributed by atoms with Crippen molar-refractivity contribution in [3.63, 3.8) is 0 Å². The van der Waals surface area contributed by atoms with Gasteiger partial charge in [0, 0.05) is 12.1 Å². The topological polar surface area (TPSA) is 91.3 Å². The molecule has 1 unspecified atom stereocenters. The highest BCUT2D eigenvalue weighted by atomic mass is 16.6. The van der Waals surface area contributed by atoms with E-state index in [2.05, 4.69) is 10.2 Å². The lowest BCUT2D eigenvalue weighted by atomic mass is 9.66. The highest BCUT2D eigenvalue weighted by Crippen LogP contribution is 2.50. The first-order chi connectivity index (χ1) is 11.5. The molecule has 0 radical (unpaired) electrons. The first kappa shape index (κ1) is 19.0. The van der Waals surface area contributed by atoms with Gasteiger partial charge in [0.2, 0.25) is 0 Å². The van der Waals surface area contributed by atoms with Crippen LogP contribution >= 0.6 is 0 Å². The monoisotopic (exact) mass is 356 g/mol. The van der Waals surface area contributed by atoms with E-state index >= 15 is 0 Å². The maximum absolute atomic E-state index is 12.8. The van der Waals surface area contributed by atoms with E-state index in [1.807, 2.05) is 7.05 Å².